The molecule has 0 aliphatic carbocycles. The minimum absolute atomic E-state index is 0.358. The third kappa shape index (κ3) is 4.79. The molecule has 0 aliphatic heterocycles. The van der Waals surface area contributed by atoms with Crippen LogP contribution >= 0.6 is 11.3 Å². The van der Waals surface area contributed by atoms with E-state index in [1.807, 2.05) is 5.38 Å². The zero-order valence-electron chi connectivity index (χ0n) is 8.92. The molecule has 1 aromatic heterocycles. The van der Waals surface area contributed by atoms with Crippen LogP contribution in [0.5, 0.6) is 0 Å². The fourth-order valence-corrected chi connectivity index (χ4v) is 1.67. The van der Waals surface area contributed by atoms with Gasteiger partial charge in [-0.3, -0.25) is 0 Å². The molecule has 2 amide bonds. The van der Waals surface area contributed by atoms with Crippen LogP contribution in [-0.4, -0.2) is 46.4 Å². The lowest BCUT2D eigenvalue weighted by molar-refractivity contribution is -0.140. The van der Waals surface area contributed by atoms with Crippen molar-refractivity contribution >= 4 is 23.3 Å². The number of carboxylic acids is 1. The number of carbonyl (C=O) groups is 2. The van der Waals surface area contributed by atoms with Crippen LogP contribution in [0, 0.1) is 0 Å². The monoisotopic (exact) mass is 259 g/mol. The highest BCUT2D eigenvalue weighted by molar-refractivity contribution is 7.09. The summed E-state index contributed by atoms with van der Waals surface area (Å²) in [5.41, 5.74) is 0. The quantitative estimate of drug-likeness (QED) is 0.546. The van der Waals surface area contributed by atoms with Gasteiger partial charge in [0.2, 0.25) is 0 Å². The number of nitrogens with zero attached hydrogens (tertiary/aromatic N) is 1. The average Bonchev–Trinajstić information content (AvgIpc) is 2.78. The van der Waals surface area contributed by atoms with Crippen LogP contribution < -0.4 is 10.6 Å². The van der Waals surface area contributed by atoms with Crippen molar-refractivity contribution in [3.05, 3.63) is 16.6 Å². The Bertz CT molecular complexity index is 368. The number of aromatic nitrogens is 1. The number of nitrogens with one attached hydrogen (secondary N) is 2. The zero-order valence-corrected chi connectivity index (χ0v) is 9.74. The molecule has 0 saturated heterocycles. The highest BCUT2D eigenvalue weighted by Crippen LogP contribution is 2.03. The van der Waals surface area contributed by atoms with Gasteiger partial charge in [0.1, 0.15) is 0 Å². The smallest absolute Gasteiger partial charge is 0.328 e. The maximum atomic E-state index is 11.2. The van der Waals surface area contributed by atoms with Gasteiger partial charge >= 0.3 is 12.0 Å². The average molecular weight is 259 g/mol. The van der Waals surface area contributed by atoms with E-state index in [-0.39, 0.29) is 0 Å². The molecule has 7 nitrogen and oxygen atoms in total. The Balaban J connectivity index is 2.23. The van der Waals surface area contributed by atoms with Gasteiger partial charge in [0.05, 0.1) is 11.6 Å². The summed E-state index contributed by atoms with van der Waals surface area (Å²) in [6.07, 6.45) is 2.26. The van der Waals surface area contributed by atoms with Gasteiger partial charge in [-0.15, -0.1) is 11.3 Å². The number of urea groups is 1. The van der Waals surface area contributed by atoms with Crippen LogP contribution in [0.1, 0.15) is 5.01 Å². The summed E-state index contributed by atoms with van der Waals surface area (Å²) in [4.78, 5) is 25.8. The first kappa shape index (κ1) is 13.4. The summed E-state index contributed by atoms with van der Waals surface area (Å²) in [5.74, 6) is -1.28. The van der Waals surface area contributed by atoms with Crippen LogP contribution in [0.4, 0.5) is 4.79 Å². The maximum absolute atomic E-state index is 11.2. The highest BCUT2D eigenvalue weighted by Gasteiger charge is 2.18. The molecule has 0 fully saturated rings. The van der Waals surface area contributed by atoms with E-state index < -0.39 is 24.6 Å². The predicted octanol–water partition coefficient (Wildman–Crippen LogP) is -0.570. The molecule has 0 saturated carbocycles. The van der Waals surface area contributed by atoms with Crippen molar-refractivity contribution in [2.45, 2.75) is 12.5 Å². The number of rotatable bonds is 6. The van der Waals surface area contributed by atoms with Gasteiger partial charge in [0.25, 0.3) is 0 Å². The fourth-order valence-electron chi connectivity index (χ4n) is 1.05. The van der Waals surface area contributed by atoms with Crippen LogP contribution in [0.2, 0.25) is 0 Å². The lowest BCUT2D eigenvalue weighted by Crippen LogP contribution is -2.48. The highest BCUT2D eigenvalue weighted by atomic mass is 32.1. The number of thiazole rings is 1. The van der Waals surface area contributed by atoms with Crippen molar-refractivity contribution in [3.63, 3.8) is 0 Å². The van der Waals surface area contributed by atoms with E-state index in [2.05, 4.69) is 15.6 Å². The van der Waals surface area contributed by atoms with E-state index in [4.69, 9.17) is 10.2 Å². The van der Waals surface area contributed by atoms with Crippen molar-refractivity contribution in [1.29, 1.82) is 0 Å². The predicted molar refractivity (Wildman–Crippen MR) is 60.9 cm³/mol. The summed E-state index contributed by atoms with van der Waals surface area (Å²) in [6, 6.07) is -1.90. The van der Waals surface area contributed by atoms with Gasteiger partial charge in [-0.2, -0.15) is 0 Å². The lowest BCUT2D eigenvalue weighted by Gasteiger charge is -2.12. The number of carboxylic acid groups (broad SMARTS) is 1. The maximum Gasteiger partial charge on any atom is 0.328 e. The molecule has 94 valence electrons. The molecule has 0 unspecified atom stereocenters. The molecule has 0 bridgehead atoms. The number of hydrogen-bond acceptors (Lipinski definition) is 5. The Morgan fingerprint density at radius 2 is 2.29 bits per heavy atom. The van der Waals surface area contributed by atoms with Crippen LogP contribution in [0.3, 0.4) is 0 Å². The van der Waals surface area contributed by atoms with Crippen LogP contribution in [-0.2, 0) is 11.2 Å². The number of hydrogen-bond donors (Lipinski definition) is 4. The fraction of sp³-hybridized carbons (Fsp3) is 0.444. The van der Waals surface area contributed by atoms with Gasteiger partial charge in [0.15, 0.2) is 6.04 Å². The molecule has 1 rings (SSSR count). The molecule has 0 spiro atoms. The number of aliphatic carboxylic acids is 1. The SMILES string of the molecule is O=C(NCCc1nccs1)N[C@H](CO)C(=O)O. The normalized spacial score (nSPS) is 11.8. The second-order valence-electron chi connectivity index (χ2n) is 3.15. The standard InChI is InChI=1S/C9H13N3O4S/c13-5-6(8(14)15)12-9(16)11-2-1-7-10-3-4-17-7/h3-4,6,13H,1-2,5H2,(H,14,15)(H2,11,12,16)/t6-/m1/s1. The minimum atomic E-state index is -1.28. The van der Waals surface area contributed by atoms with Crippen molar-refractivity contribution in [1.82, 2.24) is 15.6 Å². The molecule has 0 aromatic carbocycles. The molecule has 4 N–H and O–H groups in total. The first-order valence-corrected chi connectivity index (χ1v) is 5.78. The Morgan fingerprint density at radius 1 is 1.53 bits per heavy atom. The molecule has 8 heteroatoms. The molecule has 1 atom stereocenters. The van der Waals surface area contributed by atoms with Gasteiger partial charge in [-0.05, 0) is 0 Å². The van der Waals surface area contributed by atoms with Crippen LogP contribution in [0.15, 0.2) is 11.6 Å². The molecule has 0 radical (unpaired) electrons. The largest absolute Gasteiger partial charge is 0.480 e. The number of aliphatic hydroxyl groups excluding tert-OH is 1. The van der Waals surface area contributed by atoms with Crippen molar-refractivity contribution < 1.29 is 19.8 Å². The Kier molecular flexibility index (Phi) is 5.37. The summed E-state index contributed by atoms with van der Waals surface area (Å²) in [7, 11) is 0. The Hall–Kier alpha value is -1.67. The summed E-state index contributed by atoms with van der Waals surface area (Å²) in [5, 5.41) is 24.6. The molecular formula is C9H13N3O4S. The van der Waals surface area contributed by atoms with E-state index in [1.165, 1.54) is 11.3 Å². The number of aliphatic hydroxyl groups is 1. The van der Waals surface area contributed by atoms with E-state index in [0.717, 1.165) is 5.01 Å². The summed E-state index contributed by atoms with van der Waals surface area (Å²) in [6.45, 7) is -0.285. The first-order valence-electron chi connectivity index (χ1n) is 4.90. The molecule has 1 aromatic rings. The second kappa shape index (κ2) is 6.81. The van der Waals surface area contributed by atoms with Crippen molar-refractivity contribution in [2.24, 2.45) is 0 Å². The minimum Gasteiger partial charge on any atom is -0.480 e. The lowest BCUT2D eigenvalue weighted by atomic mass is 10.3. The van der Waals surface area contributed by atoms with E-state index in [1.54, 1.807) is 6.20 Å². The topological polar surface area (TPSA) is 112 Å². The second-order valence-corrected chi connectivity index (χ2v) is 4.13. The first-order chi connectivity index (χ1) is 8.13. The van der Waals surface area contributed by atoms with Gasteiger partial charge < -0.3 is 20.8 Å². The Morgan fingerprint density at radius 3 is 2.82 bits per heavy atom. The molecule has 1 heterocycles. The molecule has 0 aliphatic rings. The summed E-state index contributed by atoms with van der Waals surface area (Å²) >= 11 is 1.48. The van der Waals surface area contributed by atoms with Crippen molar-refractivity contribution in [3.8, 4) is 0 Å². The number of carbonyl (C=O) groups excluding carboxylic acids is 1. The number of amides is 2. The third-order valence-electron chi connectivity index (χ3n) is 1.89. The van der Waals surface area contributed by atoms with E-state index >= 15 is 0 Å². The van der Waals surface area contributed by atoms with Gasteiger partial charge in [0, 0.05) is 24.5 Å². The van der Waals surface area contributed by atoms with E-state index in [0.29, 0.717) is 13.0 Å². The molecule has 17 heavy (non-hydrogen) atoms. The third-order valence-corrected chi connectivity index (χ3v) is 2.73. The van der Waals surface area contributed by atoms with Gasteiger partial charge in [-0.25, -0.2) is 14.6 Å². The Labute approximate surface area is 101 Å². The van der Waals surface area contributed by atoms with Crippen LogP contribution in [0.25, 0.3) is 0 Å². The van der Waals surface area contributed by atoms with Crippen molar-refractivity contribution in [2.75, 3.05) is 13.2 Å². The van der Waals surface area contributed by atoms with E-state index in [9.17, 15) is 9.59 Å². The molecular weight excluding hydrogens is 246 g/mol. The zero-order chi connectivity index (χ0) is 12.7. The van der Waals surface area contributed by atoms with Gasteiger partial charge in [-0.1, -0.05) is 0 Å². The summed E-state index contributed by atoms with van der Waals surface area (Å²) < 4.78 is 0.